The molecule has 5 rings (SSSR count). The highest BCUT2D eigenvalue weighted by Gasteiger charge is 2.28. The molecule has 1 fully saturated rings. The van der Waals surface area contributed by atoms with Gasteiger partial charge >= 0.3 is 0 Å². The highest BCUT2D eigenvalue weighted by Crippen LogP contribution is 2.31. The SMILES string of the molecule is C=CC(=O)N1CCC(n2cc(C#Cc3cc4ncn(CC)c4cc3Cl)c3c(N)ncnc32)C1. The number of amides is 1. The lowest BCUT2D eigenvalue weighted by molar-refractivity contribution is -0.125. The number of hydrogen-bond acceptors (Lipinski definition) is 5. The number of likely N-dealkylation sites (tertiary alicyclic amines) is 1. The van der Waals surface area contributed by atoms with E-state index in [1.165, 1.54) is 12.4 Å². The minimum absolute atomic E-state index is 0.0687. The van der Waals surface area contributed by atoms with Gasteiger partial charge in [-0.25, -0.2) is 15.0 Å². The van der Waals surface area contributed by atoms with Crippen molar-refractivity contribution in [3.8, 4) is 11.8 Å². The van der Waals surface area contributed by atoms with Gasteiger partial charge in [-0.1, -0.05) is 30.0 Å². The van der Waals surface area contributed by atoms with Crippen LogP contribution in [0.15, 0.2) is 43.6 Å². The van der Waals surface area contributed by atoms with Gasteiger partial charge in [-0.15, -0.1) is 0 Å². The fourth-order valence-corrected chi connectivity index (χ4v) is 4.55. The van der Waals surface area contributed by atoms with E-state index < -0.39 is 0 Å². The Hall–Kier alpha value is -3.83. The lowest BCUT2D eigenvalue weighted by Crippen LogP contribution is -2.27. The molecule has 0 bridgehead atoms. The topological polar surface area (TPSA) is 94.9 Å². The number of nitrogens with two attached hydrogens (primary N) is 1. The first kappa shape index (κ1) is 21.0. The van der Waals surface area contributed by atoms with Gasteiger partial charge in [-0.3, -0.25) is 4.79 Å². The maximum atomic E-state index is 12.0. The second-order valence-corrected chi connectivity index (χ2v) is 8.35. The lowest BCUT2D eigenvalue weighted by atomic mass is 10.1. The average molecular weight is 460 g/mol. The lowest BCUT2D eigenvalue weighted by Gasteiger charge is -2.15. The van der Waals surface area contributed by atoms with Crippen LogP contribution >= 0.6 is 11.6 Å². The van der Waals surface area contributed by atoms with Crippen LogP contribution in [0, 0.1) is 11.8 Å². The van der Waals surface area contributed by atoms with Crippen molar-refractivity contribution in [1.29, 1.82) is 0 Å². The van der Waals surface area contributed by atoms with Crippen LogP contribution in [0.3, 0.4) is 0 Å². The first-order valence-corrected chi connectivity index (χ1v) is 11.1. The van der Waals surface area contributed by atoms with Gasteiger partial charge in [0.1, 0.15) is 17.8 Å². The van der Waals surface area contributed by atoms with Gasteiger partial charge in [0.2, 0.25) is 5.91 Å². The molecule has 0 radical (unpaired) electrons. The smallest absolute Gasteiger partial charge is 0.246 e. The monoisotopic (exact) mass is 459 g/mol. The van der Waals surface area contributed by atoms with Crippen LogP contribution in [0.4, 0.5) is 5.82 Å². The molecule has 0 spiro atoms. The Morgan fingerprint density at radius 3 is 2.91 bits per heavy atom. The van der Waals surface area contributed by atoms with Crippen LogP contribution in [0.1, 0.15) is 30.5 Å². The molecule has 0 aliphatic carbocycles. The van der Waals surface area contributed by atoms with Crippen molar-refractivity contribution >= 4 is 45.4 Å². The number of aryl methyl sites for hydroxylation is 1. The average Bonchev–Trinajstić information content (AvgIpc) is 3.54. The summed E-state index contributed by atoms with van der Waals surface area (Å²) in [5.41, 5.74) is 10.1. The second-order valence-electron chi connectivity index (χ2n) is 7.94. The van der Waals surface area contributed by atoms with E-state index in [9.17, 15) is 4.79 Å². The molecule has 1 unspecified atom stereocenters. The molecule has 1 aliphatic rings. The summed E-state index contributed by atoms with van der Waals surface area (Å²) in [5, 5.41) is 1.26. The molecule has 1 aliphatic heterocycles. The number of carbonyl (C=O) groups excluding carboxylic acids is 1. The van der Waals surface area contributed by atoms with Crippen molar-refractivity contribution in [1.82, 2.24) is 29.0 Å². The zero-order chi connectivity index (χ0) is 23.1. The molecule has 1 amide bonds. The van der Waals surface area contributed by atoms with Gasteiger partial charge in [0.05, 0.1) is 39.4 Å². The molecular weight excluding hydrogens is 438 g/mol. The number of hydrogen-bond donors (Lipinski definition) is 1. The number of anilines is 1. The molecule has 0 saturated carbocycles. The van der Waals surface area contributed by atoms with E-state index in [-0.39, 0.29) is 11.9 Å². The molecule has 3 aromatic heterocycles. The van der Waals surface area contributed by atoms with Gasteiger partial charge < -0.3 is 19.8 Å². The summed E-state index contributed by atoms with van der Waals surface area (Å²) in [6.45, 7) is 7.70. The Bertz CT molecular complexity index is 1470. The molecule has 4 heterocycles. The van der Waals surface area contributed by atoms with E-state index in [0.717, 1.165) is 24.0 Å². The summed E-state index contributed by atoms with van der Waals surface area (Å²) in [4.78, 5) is 26.9. The van der Waals surface area contributed by atoms with E-state index in [0.29, 0.717) is 46.1 Å². The molecule has 2 N–H and O–H groups in total. The van der Waals surface area contributed by atoms with Crippen LogP contribution < -0.4 is 5.73 Å². The highest BCUT2D eigenvalue weighted by molar-refractivity contribution is 6.32. The number of imidazole rings is 1. The van der Waals surface area contributed by atoms with E-state index in [2.05, 4.69) is 40.3 Å². The van der Waals surface area contributed by atoms with Crippen molar-refractivity contribution in [3.05, 3.63) is 59.8 Å². The number of benzene rings is 1. The fraction of sp³-hybridized carbons (Fsp3) is 0.250. The van der Waals surface area contributed by atoms with Crippen molar-refractivity contribution in [2.45, 2.75) is 25.9 Å². The highest BCUT2D eigenvalue weighted by atomic mass is 35.5. The van der Waals surface area contributed by atoms with Crippen LogP contribution in [-0.4, -0.2) is 48.0 Å². The molecule has 8 nitrogen and oxygen atoms in total. The minimum Gasteiger partial charge on any atom is -0.383 e. The molecule has 4 aromatic rings. The van der Waals surface area contributed by atoms with E-state index in [1.807, 2.05) is 27.5 Å². The Kier molecular flexibility index (Phi) is 5.27. The predicted molar refractivity (Wildman–Crippen MR) is 129 cm³/mol. The van der Waals surface area contributed by atoms with Crippen LogP contribution in [0.25, 0.3) is 22.1 Å². The third-order valence-corrected chi connectivity index (χ3v) is 6.38. The number of halogens is 1. The number of carbonyl (C=O) groups is 1. The molecule has 1 atom stereocenters. The number of aromatic nitrogens is 5. The van der Waals surface area contributed by atoms with Gasteiger partial charge in [0.25, 0.3) is 0 Å². The van der Waals surface area contributed by atoms with Gasteiger partial charge in [-0.2, -0.15) is 0 Å². The Balaban J connectivity index is 1.56. The van der Waals surface area contributed by atoms with Gasteiger partial charge in [0.15, 0.2) is 0 Å². The summed E-state index contributed by atoms with van der Waals surface area (Å²) in [7, 11) is 0. The molecule has 33 heavy (non-hydrogen) atoms. The number of fused-ring (bicyclic) bond motifs is 2. The summed E-state index contributed by atoms with van der Waals surface area (Å²) < 4.78 is 4.08. The maximum Gasteiger partial charge on any atom is 0.246 e. The minimum atomic E-state index is -0.0707. The van der Waals surface area contributed by atoms with Crippen molar-refractivity contribution in [2.75, 3.05) is 18.8 Å². The summed E-state index contributed by atoms with van der Waals surface area (Å²) >= 11 is 6.53. The first-order chi connectivity index (χ1) is 16.0. The number of rotatable bonds is 3. The summed E-state index contributed by atoms with van der Waals surface area (Å²) in [5.74, 6) is 6.68. The molecule has 1 aromatic carbocycles. The van der Waals surface area contributed by atoms with Gasteiger partial charge in [0, 0.05) is 31.4 Å². The van der Waals surface area contributed by atoms with Crippen molar-refractivity contribution < 1.29 is 4.79 Å². The van der Waals surface area contributed by atoms with E-state index >= 15 is 0 Å². The van der Waals surface area contributed by atoms with Crippen molar-refractivity contribution in [2.24, 2.45) is 0 Å². The zero-order valence-electron chi connectivity index (χ0n) is 18.1. The zero-order valence-corrected chi connectivity index (χ0v) is 18.9. The third-order valence-electron chi connectivity index (χ3n) is 6.06. The van der Waals surface area contributed by atoms with E-state index in [1.54, 1.807) is 11.2 Å². The number of nitrogen functional groups attached to an aromatic ring is 1. The summed E-state index contributed by atoms with van der Waals surface area (Å²) in [6.07, 6.45) is 7.33. The Morgan fingerprint density at radius 1 is 1.30 bits per heavy atom. The van der Waals surface area contributed by atoms with Crippen LogP contribution in [0.5, 0.6) is 0 Å². The van der Waals surface area contributed by atoms with Gasteiger partial charge in [-0.05, 0) is 31.6 Å². The van der Waals surface area contributed by atoms with Crippen molar-refractivity contribution in [3.63, 3.8) is 0 Å². The Morgan fingerprint density at radius 2 is 2.12 bits per heavy atom. The van der Waals surface area contributed by atoms with Crippen LogP contribution in [-0.2, 0) is 11.3 Å². The standard InChI is InChI=1S/C24H22ClN7O/c1-3-21(33)31-8-7-17(12-31)32-11-16(22-23(26)27-13-28-24(22)32)6-5-15-9-19-20(10-18(15)25)30(4-2)14-29-19/h3,9-11,13-14,17H,1,4,7-8,12H2,2H3,(H2,26,27,28). The van der Waals surface area contributed by atoms with E-state index in [4.69, 9.17) is 17.3 Å². The second kappa shape index (κ2) is 8.26. The molecule has 9 heteroatoms. The first-order valence-electron chi connectivity index (χ1n) is 10.7. The Labute approximate surface area is 195 Å². The normalized spacial score (nSPS) is 15.7. The molecule has 1 saturated heterocycles. The largest absolute Gasteiger partial charge is 0.383 e. The molecule has 166 valence electrons. The fourth-order valence-electron chi connectivity index (χ4n) is 4.34. The summed E-state index contributed by atoms with van der Waals surface area (Å²) in [6, 6.07) is 3.85. The van der Waals surface area contributed by atoms with Crippen LogP contribution in [0.2, 0.25) is 5.02 Å². The quantitative estimate of drug-likeness (QED) is 0.374. The molecular formula is C24H22ClN7O. The predicted octanol–water partition coefficient (Wildman–Crippen LogP) is 3.40. The number of nitrogens with zero attached hydrogens (tertiary/aromatic N) is 6. The maximum absolute atomic E-state index is 12.0. The third kappa shape index (κ3) is 3.60.